The molecule has 0 unspecified atom stereocenters. The molecule has 0 atom stereocenters. The Bertz CT molecular complexity index is 1920. The van der Waals surface area contributed by atoms with Gasteiger partial charge in [-0.25, -0.2) is 28.8 Å². The molecule has 13 heteroatoms. The molecule has 0 bridgehead atoms. The van der Waals surface area contributed by atoms with Gasteiger partial charge in [-0.2, -0.15) is 0 Å². The molecule has 0 spiro atoms. The Morgan fingerprint density at radius 1 is 0.561 bits per heavy atom. The Morgan fingerprint density at radius 3 is 1.56 bits per heavy atom. The van der Waals surface area contributed by atoms with Crippen molar-refractivity contribution < 1.29 is 61.9 Å². The standard InChI is InChI=1S/C53H72O13/c1-8-9-10-12-38-14-16-39(17-15-38)18-19-40-20-22-41(23-21-40)42-24-26-43(27-25-42)44-28-29-46(45(31-44)13-11-30-62-47(54)36(2)3)63-32-53(33-64-48(55)37(4)5,34-65-51(58)49(56)60-6)35-66-52(59)50(57)61-7/h24-29,31,38-41H,2,4,8-23,30,32-35H2,1,3,5-7H3. The molecule has 0 saturated heterocycles. The highest BCUT2D eigenvalue weighted by Crippen LogP contribution is 2.41. The molecule has 0 radical (unpaired) electrons. The summed E-state index contributed by atoms with van der Waals surface area (Å²) in [6.45, 7) is 10.3. The van der Waals surface area contributed by atoms with Crippen LogP contribution in [0, 0.1) is 23.2 Å². The maximum atomic E-state index is 12.6. The fraction of sp³-hybridized carbons (Fsp3) is 0.585. The summed E-state index contributed by atoms with van der Waals surface area (Å²) in [4.78, 5) is 73.5. The molecule has 2 aliphatic rings. The van der Waals surface area contributed by atoms with E-state index in [1.807, 2.05) is 12.1 Å². The van der Waals surface area contributed by atoms with E-state index >= 15 is 0 Å². The van der Waals surface area contributed by atoms with Gasteiger partial charge in [-0.15, -0.1) is 0 Å². The second-order valence-corrected chi connectivity index (χ2v) is 18.4. The molecule has 0 N–H and O–H groups in total. The summed E-state index contributed by atoms with van der Waals surface area (Å²) in [5.41, 5.74) is 2.67. The summed E-state index contributed by atoms with van der Waals surface area (Å²) in [7, 11) is 2.00. The largest absolute Gasteiger partial charge is 0.492 e. The lowest BCUT2D eigenvalue weighted by Crippen LogP contribution is -2.45. The average molecular weight is 917 g/mol. The lowest BCUT2D eigenvalue weighted by molar-refractivity contribution is -0.177. The first-order valence-corrected chi connectivity index (χ1v) is 23.7. The van der Waals surface area contributed by atoms with Crippen molar-refractivity contribution in [3.8, 4) is 16.9 Å². The van der Waals surface area contributed by atoms with Crippen LogP contribution in [-0.2, 0) is 63.6 Å². The lowest BCUT2D eigenvalue weighted by Gasteiger charge is -2.32. The van der Waals surface area contributed by atoms with Crippen LogP contribution in [0.25, 0.3) is 11.1 Å². The maximum absolute atomic E-state index is 12.6. The fourth-order valence-corrected chi connectivity index (χ4v) is 8.89. The van der Waals surface area contributed by atoms with E-state index in [0.717, 1.165) is 48.7 Å². The molecule has 66 heavy (non-hydrogen) atoms. The molecule has 4 rings (SSSR count). The first-order valence-electron chi connectivity index (χ1n) is 23.7. The monoisotopic (exact) mass is 916 g/mol. The zero-order valence-electron chi connectivity index (χ0n) is 39.9. The number of carbonyl (C=O) groups excluding carboxylic acids is 6. The summed E-state index contributed by atoms with van der Waals surface area (Å²) in [6, 6.07) is 14.4. The fourth-order valence-electron chi connectivity index (χ4n) is 8.89. The van der Waals surface area contributed by atoms with Crippen LogP contribution in [0.5, 0.6) is 5.75 Å². The Hall–Kier alpha value is -5.46. The SMILES string of the molecule is C=C(C)C(=O)OCCCc1cc(-c2ccc(C3CCC(CCC4CCC(CCCCC)CC4)CC3)cc2)ccc1OCC(COC(=O)C(=C)C)(COC(=O)C(=O)OC)COC(=O)C(=O)OC. The van der Waals surface area contributed by atoms with Crippen LogP contribution in [0.4, 0.5) is 0 Å². The van der Waals surface area contributed by atoms with E-state index in [1.165, 1.54) is 102 Å². The van der Waals surface area contributed by atoms with Crippen molar-refractivity contribution in [2.75, 3.05) is 47.3 Å². The highest BCUT2D eigenvalue weighted by molar-refractivity contribution is 6.30. The number of methoxy groups -OCH3 is 2. The van der Waals surface area contributed by atoms with Gasteiger partial charge in [-0.3, -0.25) is 0 Å². The zero-order valence-corrected chi connectivity index (χ0v) is 39.9. The molecule has 0 aromatic heterocycles. The highest BCUT2D eigenvalue weighted by Gasteiger charge is 2.39. The van der Waals surface area contributed by atoms with Gasteiger partial charge < -0.3 is 33.2 Å². The van der Waals surface area contributed by atoms with Crippen molar-refractivity contribution in [2.24, 2.45) is 23.2 Å². The number of hydrogen-bond acceptors (Lipinski definition) is 13. The third-order valence-electron chi connectivity index (χ3n) is 13.1. The van der Waals surface area contributed by atoms with Gasteiger partial charge in [0, 0.05) is 11.1 Å². The van der Waals surface area contributed by atoms with Gasteiger partial charge in [0.15, 0.2) is 0 Å². The van der Waals surface area contributed by atoms with Gasteiger partial charge in [-0.05, 0) is 110 Å². The van der Waals surface area contributed by atoms with Crippen molar-refractivity contribution >= 4 is 35.8 Å². The van der Waals surface area contributed by atoms with Crippen molar-refractivity contribution in [2.45, 2.75) is 129 Å². The number of rotatable bonds is 24. The van der Waals surface area contributed by atoms with Gasteiger partial charge in [0.1, 0.15) is 37.6 Å². The number of hydrogen-bond donors (Lipinski definition) is 0. The van der Waals surface area contributed by atoms with Crippen LogP contribution >= 0.6 is 0 Å². The molecule has 13 nitrogen and oxygen atoms in total. The second kappa shape index (κ2) is 27.2. The first kappa shape index (κ1) is 53.2. The van der Waals surface area contributed by atoms with Gasteiger partial charge in [-0.1, -0.05) is 115 Å². The number of carbonyl (C=O) groups is 6. The van der Waals surface area contributed by atoms with Crippen LogP contribution in [0.1, 0.15) is 134 Å². The van der Waals surface area contributed by atoms with Crippen molar-refractivity contribution in [3.05, 3.63) is 77.9 Å². The first-order chi connectivity index (χ1) is 31.7. The van der Waals surface area contributed by atoms with Gasteiger partial charge >= 0.3 is 35.8 Å². The normalized spacial score (nSPS) is 18.3. The van der Waals surface area contributed by atoms with Crippen LogP contribution in [0.3, 0.4) is 0 Å². The lowest BCUT2D eigenvalue weighted by atomic mass is 9.74. The molecule has 2 aromatic carbocycles. The Kier molecular flexibility index (Phi) is 21.9. The molecular weight excluding hydrogens is 845 g/mol. The van der Waals surface area contributed by atoms with E-state index in [4.69, 9.17) is 23.7 Å². The van der Waals surface area contributed by atoms with Crippen LogP contribution in [-0.4, -0.2) is 83.1 Å². The van der Waals surface area contributed by atoms with Gasteiger partial charge in [0.25, 0.3) is 0 Å². The van der Waals surface area contributed by atoms with Crippen molar-refractivity contribution in [1.29, 1.82) is 0 Å². The minimum absolute atomic E-state index is 0.0551. The summed E-state index contributed by atoms with van der Waals surface area (Å²) < 4.78 is 36.6. The quantitative estimate of drug-likeness (QED) is 0.0321. The van der Waals surface area contributed by atoms with Crippen molar-refractivity contribution in [1.82, 2.24) is 0 Å². The van der Waals surface area contributed by atoms with Crippen LogP contribution < -0.4 is 4.74 Å². The average Bonchev–Trinajstić information content (AvgIpc) is 3.33. The smallest absolute Gasteiger partial charge is 0.417 e. The minimum Gasteiger partial charge on any atom is -0.492 e. The third kappa shape index (κ3) is 17.1. The molecular formula is C53H72O13. The number of benzene rings is 2. The van der Waals surface area contributed by atoms with E-state index in [0.29, 0.717) is 24.5 Å². The maximum Gasteiger partial charge on any atom is 0.417 e. The van der Waals surface area contributed by atoms with E-state index < -0.39 is 67.7 Å². The van der Waals surface area contributed by atoms with Gasteiger partial charge in [0.05, 0.1) is 20.8 Å². The predicted octanol–water partition coefficient (Wildman–Crippen LogP) is 9.76. The van der Waals surface area contributed by atoms with E-state index in [-0.39, 0.29) is 17.8 Å². The Morgan fingerprint density at radius 2 is 1.05 bits per heavy atom. The number of unbranched alkanes of at least 4 members (excludes halogenated alkanes) is 2. The second-order valence-electron chi connectivity index (χ2n) is 18.4. The number of esters is 6. The van der Waals surface area contributed by atoms with Crippen molar-refractivity contribution in [3.63, 3.8) is 0 Å². The number of ether oxygens (including phenoxy) is 7. The molecule has 0 heterocycles. The molecule has 2 aromatic rings. The predicted molar refractivity (Wildman–Crippen MR) is 249 cm³/mol. The topological polar surface area (TPSA) is 167 Å². The molecule has 0 aliphatic heterocycles. The summed E-state index contributed by atoms with van der Waals surface area (Å²) in [5, 5.41) is 0. The molecule has 2 fully saturated rings. The third-order valence-corrected chi connectivity index (χ3v) is 13.1. The summed E-state index contributed by atoms with van der Waals surface area (Å²) >= 11 is 0. The van der Waals surface area contributed by atoms with E-state index in [1.54, 1.807) is 13.0 Å². The highest BCUT2D eigenvalue weighted by atomic mass is 16.6. The van der Waals surface area contributed by atoms with E-state index in [2.05, 4.69) is 53.8 Å². The molecule has 362 valence electrons. The minimum atomic E-state index is -1.66. The summed E-state index contributed by atoms with van der Waals surface area (Å²) in [5.74, 6) is -3.01. The Balaban J connectivity index is 1.49. The Labute approximate surface area is 391 Å². The number of aryl methyl sites for hydroxylation is 1. The van der Waals surface area contributed by atoms with E-state index in [9.17, 15) is 28.8 Å². The van der Waals surface area contributed by atoms with Crippen LogP contribution in [0.2, 0.25) is 0 Å². The summed E-state index contributed by atoms with van der Waals surface area (Å²) in [6.07, 6.45) is 19.8. The van der Waals surface area contributed by atoms with Crippen LogP contribution in [0.15, 0.2) is 66.8 Å². The van der Waals surface area contributed by atoms with Gasteiger partial charge in [0.2, 0.25) is 0 Å². The molecule has 2 saturated carbocycles. The zero-order chi connectivity index (χ0) is 48.1. The molecule has 0 amide bonds. The molecule has 2 aliphatic carbocycles.